The number of carbonyl (C=O) groups is 2. The van der Waals surface area contributed by atoms with Crippen LogP contribution in [0.3, 0.4) is 0 Å². The van der Waals surface area contributed by atoms with Crippen LogP contribution in [0.1, 0.15) is 36.5 Å². The van der Waals surface area contributed by atoms with Crippen LogP contribution in [0, 0.1) is 24.7 Å². The Morgan fingerprint density at radius 1 is 1.11 bits per heavy atom. The SMILES string of the molecule is Cc1nc(COc2ccc(CC(NC(=O)O[C@H]3CO[C@H]4OCC[C@H]43)[C@@H](CN(CC(C)C)S(=O)(=O)c3ccc4c(c3)OCO4)[C@H](OCCI)C(=O)O)cc2)cs1. The van der Waals surface area contributed by atoms with E-state index in [4.69, 9.17) is 33.2 Å². The lowest BCUT2D eigenvalue weighted by Crippen LogP contribution is -2.55. The molecule has 6 rings (SSSR count). The van der Waals surface area contributed by atoms with Gasteiger partial charge < -0.3 is 43.6 Å². The molecule has 18 heteroatoms. The van der Waals surface area contributed by atoms with E-state index in [9.17, 15) is 23.1 Å². The molecule has 1 unspecified atom stereocenters. The lowest BCUT2D eigenvalue weighted by atomic mass is 9.88. The highest BCUT2D eigenvalue weighted by Crippen LogP contribution is 2.36. The Bertz CT molecular complexity index is 1880. The van der Waals surface area contributed by atoms with Gasteiger partial charge in [-0.1, -0.05) is 48.6 Å². The molecule has 3 aromatic rings. The van der Waals surface area contributed by atoms with Crippen LogP contribution < -0.4 is 19.5 Å². The molecule has 0 saturated carbocycles. The molecule has 0 aliphatic carbocycles. The minimum absolute atomic E-state index is 0.0332. The molecule has 3 aliphatic rings. The lowest BCUT2D eigenvalue weighted by molar-refractivity contribution is -0.155. The monoisotopic (exact) mass is 915 g/mol. The van der Waals surface area contributed by atoms with Gasteiger partial charge in [0.25, 0.3) is 0 Å². The van der Waals surface area contributed by atoms with Crippen molar-refractivity contribution < 1.29 is 56.3 Å². The van der Waals surface area contributed by atoms with Crippen LogP contribution in [0.25, 0.3) is 0 Å². The summed E-state index contributed by atoms with van der Waals surface area (Å²) in [6.07, 6.45) is -2.55. The average molecular weight is 916 g/mol. The highest BCUT2D eigenvalue weighted by molar-refractivity contribution is 14.1. The number of aryl methyl sites for hydroxylation is 1. The van der Waals surface area contributed by atoms with Gasteiger partial charge in [0.2, 0.25) is 16.8 Å². The maximum absolute atomic E-state index is 14.4. The molecule has 300 valence electrons. The van der Waals surface area contributed by atoms with Crippen LogP contribution in [0.4, 0.5) is 4.79 Å². The second kappa shape index (κ2) is 18.8. The Balaban J connectivity index is 1.32. The molecule has 2 saturated heterocycles. The topological polar surface area (TPSA) is 181 Å². The van der Waals surface area contributed by atoms with Gasteiger partial charge in [-0.15, -0.1) is 11.3 Å². The van der Waals surface area contributed by atoms with Gasteiger partial charge in [-0.05, 0) is 55.5 Å². The molecule has 2 N–H and O–H groups in total. The van der Waals surface area contributed by atoms with Gasteiger partial charge in [-0.2, -0.15) is 4.31 Å². The van der Waals surface area contributed by atoms with Gasteiger partial charge in [-0.3, -0.25) is 0 Å². The van der Waals surface area contributed by atoms with Crippen LogP contribution in [-0.4, -0.2) is 104 Å². The number of carboxylic acids is 1. The number of amides is 1. The normalized spacial score (nSPS) is 20.7. The minimum atomic E-state index is -4.24. The van der Waals surface area contributed by atoms with E-state index in [1.165, 1.54) is 33.8 Å². The molecule has 0 bridgehead atoms. The zero-order chi connectivity index (χ0) is 39.1. The molecule has 1 aromatic heterocycles. The van der Waals surface area contributed by atoms with Crippen molar-refractivity contribution in [3.63, 3.8) is 0 Å². The number of alkyl carbamates (subject to hydrolysis) is 1. The van der Waals surface area contributed by atoms with E-state index in [1.54, 1.807) is 12.1 Å². The number of carbonyl (C=O) groups excluding carboxylic acids is 1. The fourth-order valence-corrected chi connectivity index (χ4v) is 9.38. The number of fused-ring (bicyclic) bond motifs is 2. The molecule has 1 amide bonds. The number of carboxylic acid groups (broad SMARTS) is 1. The van der Waals surface area contributed by atoms with Gasteiger partial charge in [0.05, 0.1) is 41.3 Å². The molecule has 4 heterocycles. The Hall–Kier alpha value is -3.27. The third kappa shape index (κ3) is 10.6. The molecule has 0 spiro atoms. The van der Waals surface area contributed by atoms with Crippen molar-refractivity contribution >= 4 is 56.0 Å². The number of nitrogens with one attached hydrogen (secondary N) is 1. The van der Waals surface area contributed by atoms with E-state index in [0.717, 1.165) is 16.3 Å². The van der Waals surface area contributed by atoms with Gasteiger partial charge in [0.1, 0.15) is 18.5 Å². The molecule has 0 radical (unpaired) electrons. The summed E-state index contributed by atoms with van der Waals surface area (Å²) in [6, 6.07) is 10.6. The number of rotatable bonds is 19. The van der Waals surface area contributed by atoms with E-state index in [-0.39, 0.29) is 68.6 Å². The summed E-state index contributed by atoms with van der Waals surface area (Å²) in [5.74, 6) is -1.37. The second-order valence-corrected chi connectivity index (χ2v) is 18.0. The van der Waals surface area contributed by atoms with Gasteiger partial charge in [0.15, 0.2) is 23.9 Å². The zero-order valence-electron chi connectivity index (χ0n) is 30.8. The largest absolute Gasteiger partial charge is 0.487 e. The summed E-state index contributed by atoms with van der Waals surface area (Å²) >= 11 is 3.62. The Morgan fingerprint density at radius 3 is 2.60 bits per heavy atom. The van der Waals surface area contributed by atoms with Crippen molar-refractivity contribution in [3.8, 4) is 17.2 Å². The summed E-state index contributed by atoms with van der Waals surface area (Å²) in [5.41, 5.74) is 1.54. The smallest absolute Gasteiger partial charge is 0.407 e. The first-order valence-electron chi connectivity index (χ1n) is 18.0. The fourth-order valence-electron chi connectivity index (χ4n) is 6.87. The molecule has 2 fully saturated rings. The summed E-state index contributed by atoms with van der Waals surface area (Å²) in [4.78, 5) is 31.2. The summed E-state index contributed by atoms with van der Waals surface area (Å²) in [5, 5.41) is 16.5. The third-order valence-electron chi connectivity index (χ3n) is 9.47. The number of aromatic nitrogens is 1. The number of sulfonamides is 1. The molecule has 6 atom stereocenters. The van der Waals surface area contributed by atoms with Crippen LogP contribution in [0.5, 0.6) is 17.2 Å². The number of aliphatic carboxylic acids is 1. The number of halogens is 1. The number of thiazole rings is 1. The first kappa shape index (κ1) is 41.4. The fraction of sp³-hybridized carbons (Fsp3) is 0.541. The van der Waals surface area contributed by atoms with Crippen molar-refractivity contribution in [3.05, 3.63) is 64.1 Å². The van der Waals surface area contributed by atoms with E-state index in [2.05, 4.69) is 32.9 Å². The predicted molar refractivity (Wildman–Crippen MR) is 208 cm³/mol. The number of hydrogen-bond acceptors (Lipinski definition) is 13. The van der Waals surface area contributed by atoms with Gasteiger partial charge >= 0.3 is 12.1 Å². The van der Waals surface area contributed by atoms with Crippen LogP contribution >= 0.6 is 33.9 Å². The maximum Gasteiger partial charge on any atom is 0.407 e. The number of hydrogen-bond donors (Lipinski definition) is 2. The molecule has 55 heavy (non-hydrogen) atoms. The second-order valence-electron chi connectivity index (χ2n) is 13.9. The average Bonchev–Trinajstić information content (AvgIpc) is 3.97. The molecule has 15 nitrogen and oxygen atoms in total. The van der Waals surface area contributed by atoms with Crippen LogP contribution in [-0.2, 0) is 46.8 Å². The Morgan fingerprint density at radius 2 is 1.89 bits per heavy atom. The van der Waals surface area contributed by atoms with Crippen molar-refractivity contribution in [2.24, 2.45) is 17.8 Å². The van der Waals surface area contributed by atoms with E-state index in [1.807, 2.05) is 38.3 Å². The van der Waals surface area contributed by atoms with Crippen molar-refractivity contribution in [2.45, 2.75) is 69.7 Å². The van der Waals surface area contributed by atoms with Crippen LogP contribution in [0.2, 0.25) is 0 Å². The number of alkyl halides is 1. The highest BCUT2D eigenvalue weighted by Gasteiger charge is 2.45. The summed E-state index contributed by atoms with van der Waals surface area (Å²) in [6.45, 7) is 6.39. The lowest BCUT2D eigenvalue weighted by Gasteiger charge is -2.36. The first-order valence-corrected chi connectivity index (χ1v) is 21.9. The molecule has 2 aromatic carbocycles. The molecular weight excluding hydrogens is 869 g/mol. The minimum Gasteiger partial charge on any atom is -0.487 e. The first-order chi connectivity index (χ1) is 26.4. The van der Waals surface area contributed by atoms with Crippen molar-refractivity contribution in [1.29, 1.82) is 0 Å². The summed E-state index contributed by atoms with van der Waals surface area (Å²) in [7, 11) is -4.24. The van der Waals surface area contributed by atoms with E-state index >= 15 is 0 Å². The summed E-state index contributed by atoms with van der Waals surface area (Å²) < 4.78 is 70.5. The predicted octanol–water partition coefficient (Wildman–Crippen LogP) is 5.03. The van der Waals surface area contributed by atoms with E-state index in [0.29, 0.717) is 29.0 Å². The number of ether oxygens (including phenoxy) is 7. The van der Waals surface area contributed by atoms with Gasteiger partial charge in [0, 0.05) is 40.9 Å². The standard InChI is InChI=1S/C37H46IN3O12S2/c1-22(2)16-41(55(45,46)27-8-9-31-32(15-27)52-21-51-31)17-29(34(35(42)43)47-13-11-38)30(40-37(44)53-33-19-50-36-28(33)10-12-48-36)14-24-4-6-26(7-5-24)49-18-25-20-54-23(3)39-25/h4-9,15,20,22,28-30,33-34,36H,10-14,16-19,21H2,1-3H3,(H,40,44)(H,42,43)/t28-,29+,30?,33-,34-,36+/m0/s1. The third-order valence-corrected chi connectivity index (χ3v) is 12.6. The van der Waals surface area contributed by atoms with Crippen LogP contribution in [0.15, 0.2) is 52.7 Å². The number of benzene rings is 2. The molecular formula is C37H46IN3O12S2. The van der Waals surface area contributed by atoms with Crippen molar-refractivity contribution in [1.82, 2.24) is 14.6 Å². The van der Waals surface area contributed by atoms with Crippen molar-refractivity contribution in [2.75, 3.05) is 44.1 Å². The maximum atomic E-state index is 14.4. The quantitative estimate of drug-likeness (QED) is 0.121. The zero-order valence-corrected chi connectivity index (χ0v) is 34.5. The van der Waals surface area contributed by atoms with Gasteiger partial charge in [-0.25, -0.2) is 23.0 Å². The van der Waals surface area contributed by atoms with E-state index < -0.39 is 52.5 Å². The Labute approximate surface area is 338 Å². The highest BCUT2D eigenvalue weighted by atomic mass is 127. The Kier molecular flexibility index (Phi) is 14.1. The molecule has 3 aliphatic heterocycles. The number of nitrogens with zero attached hydrogens (tertiary/aromatic N) is 2.